The number of rotatable bonds is 6. The summed E-state index contributed by atoms with van der Waals surface area (Å²) in [6, 6.07) is 9.83. The number of aryl methyl sites for hydroxylation is 1. The number of hydrogen-bond acceptors (Lipinski definition) is 3. The van der Waals surface area contributed by atoms with Gasteiger partial charge in [0.05, 0.1) is 23.7 Å². The summed E-state index contributed by atoms with van der Waals surface area (Å²) in [6.07, 6.45) is 4.87. The fraction of sp³-hybridized carbons (Fsp3) is 0.333. The Labute approximate surface area is 113 Å². The average Bonchev–Trinajstić information content (AvgIpc) is 2.87. The minimum Gasteiger partial charge on any atom is -0.333 e. The maximum absolute atomic E-state index is 8.85. The number of aromatic nitrogens is 2. The van der Waals surface area contributed by atoms with Crippen molar-refractivity contribution in [1.82, 2.24) is 14.9 Å². The normalized spacial score (nSPS) is 10.3. The van der Waals surface area contributed by atoms with E-state index in [-0.39, 0.29) is 0 Å². The molecule has 0 spiro atoms. The molecule has 98 valence electrons. The molecule has 0 saturated carbocycles. The standard InChI is InChI=1S/C15H18N4/c1-2-6-19-12-18-11-15(19)10-17-9-14-5-3-4-13(7-14)8-16/h3-5,7,11-12,17H,2,6,9-10H2,1H3. The van der Waals surface area contributed by atoms with Crippen LogP contribution in [0.3, 0.4) is 0 Å². The number of imidazole rings is 1. The van der Waals surface area contributed by atoms with Crippen molar-refractivity contribution in [2.75, 3.05) is 0 Å². The highest BCUT2D eigenvalue weighted by molar-refractivity contribution is 5.32. The molecule has 4 nitrogen and oxygen atoms in total. The number of hydrogen-bond donors (Lipinski definition) is 1. The van der Waals surface area contributed by atoms with Gasteiger partial charge in [0.2, 0.25) is 0 Å². The van der Waals surface area contributed by atoms with Crippen molar-refractivity contribution in [2.24, 2.45) is 0 Å². The van der Waals surface area contributed by atoms with Gasteiger partial charge in [0.1, 0.15) is 0 Å². The molecule has 1 N–H and O–H groups in total. The highest BCUT2D eigenvalue weighted by Gasteiger charge is 2.01. The smallest absolute Gasteiger partial charge is 0.0991 e. The van der Waals surface area contributed by atoms with Crippen molar-refractivity contribution in [1.29, 1.82) is 5.26 Å². The Morgan fingerprint density at radius 3 is 3.05 bits per heavy atom. The van der Waals surface area contributed by atoms with Gasteiger partial charge in [-0.15, -0.1) is 0 Å². The van der Waals surface area contributed by atoms with E-state index in [1.807, 2.05) is 36.8 Å². The van der Waals surface area contributed by atoms with E-state index in [2.05, 4.69) is 27.9 Å². The topological polar surface area (TPSA) is 53.6 Å². The molecule has 2 aromatic rings. The van der Waals surface area contributed by atoms with Crippen LogP contribution >= 0.6 is 0 Å². The van der Waals surface area contributed by atoms with Crippen LogP contribution in [0.1, 0.15) is 30.2 Å². The Kier molecular flexibility index (Phi) is 4.71. The molecule has 0 atom stereocenters. The van der Waals surface area contributed by atoms with Crippen molar-refractivity contribution in [2.45, 2.75) is 33.0 Å². The third kappa shape index (κ3) is 3.67. The van der Waals surface area contributed by atoms with E-state index in [1.54, 1.807) is 0 Å². The van der Waals surface area contributed by atoms with Crippen LogP contribution in [0.2, 0.25) is 0 Å². The molecule has 1 heterocycles. The largest absolute Gasteiger partial charge is 0.333 e. The van der Waals surface area contributed by atoms with Crippen LogP contribution in [0, 0.1) is 11.3 Å². The van der Waals surface area contributed by atoms with Crippen LogP contribution in [0.15, 0.2) is 36.8 Å². The summed E-state index contributed by atoms with van der Waals surface area (Å²) >= 11 is 0. The van der Waals surface area contributed by atoms with Gasteiger partial charge in [0, 0.05) is 25.8 Å². The molecule has 0 amide bonds. The lowest BCUT2D eigenvalue weighted by atomic mass is 10.1. The molecule has 0 aliphatic carbocycles. The molecule has 0 bridgehead atoms. The second-order valence-electron chi connectivity index (χ2n) is 4.49. The summed E-state index contributed by atoms with van der Waals surface area (Å²) in [7, 11) is 0. The van der Waals surface area contributed by atoms with Gasteiger partial charge in [-0.05, 0) is 24.1 Å². The monoisotopic (exact) mass is 254 g/mol. The molecule has 1 aromatic heterocycles. The molecule has 4 heteroatoms. The lowest BCUT2D eigenvalue weighted by Crippen LogP contribution is -2.15. The molecular weight excluding hydrogens is 236 g/mol. The van der Waals surface area contributed by atoms with Crippen LogP contribution in [-0.4, -0.2) is 9.55 Å². The lowest BCUT2D eigenvalue weighted by molar-refractivity contribution is 0.601. The van der Waals surface area contributed by atoms with Gasteiger partial charge >= 0.3 is 0 Å². The predicted octanol–water partition coefficient (Wildman–Crippen LogP) is 2.45. The molecule has 2 rings (SSSR count). The quantitative estimate of drug-likeness (QED) is 0.861. The van der Waals surface area contributed by atoms with Crippen molar-refractivity contribution < 1.29 is 0 Å². The highest BCUT2D eigenvalue weighted by Crippen LogP contribution is 2.05. The second-order valence-corrected chi connectivity index (χ2v) is 4.49. The summed E-state index contributed by atoms with van der Waals surface area (Å²) in [4.78, 5) is 4.17. The Morgan fingerprint density at radius 2 is 2.26 bits per heavy atom. The van der Waals surface area contributed by atoms with Gasteiger partial charge in [-0.3, -0.25) is 0 Å². The summed E-state index contributed by atoms with van der Waals surface area (Å²) in [5.41, 5.74) is 3.02. The first-order valence-electron chi connectivity index (χ1n) is 6.52. The fourth-order valence-electron chi connectivity index (χ4n) is 2.02. The van der Waals surface area contributed by atoms with Crippen LogP contribution in [-0.2, 0) is 19.6 Å². The van der Waals surface area contributed by atoms with E-state index in [9.17, 15) is 0 Å². The van der Waals surface area contributed by atoms with E-state index in [0.717, 1.165) is 31.6 Å². The molecule has 0 aliphatic heterocycles. The van der Waals surface area contributed by atoms with Gasteiger partial charge in [-0.1, -0.05) is 19.1 Å². The van der Waals surface area contributed by atoms with Crippen molar-refractivity contribution in [3.05, 3.63) is 53.6 Å². The Morgan fingerprint density at radius 1 is 1.37 bits per heavy atom. The molecular formula is C15H18N4. The number of nitrogens with zero attached hydrogens (tertiary/aromatic N) is 3. The Hall–Kier alpha value is -2.12. The maximum Gasteiger partial charge on any atom is 0.0991 e. The molecule has 1 aromatic carbocycles. The Balaban J connectivity index is 1.89. The average molecular weight is 254 g/mol. The summed E-state index contributed by atoms with van der Waals surface area (Å²) in [6.45, 7) is 4.70. The maximum atomic E-state index is 8.85. The zero-order valence-corrected chi connectivity index (χ0v) is 11.1. The van der Waals surface area contributed by atoms with Gasteiger partial charge < -0.3 is 9.88 Å². The van der Waals surface area contributed by atoms with E-state index in [1.165, 1.54) is 5.69 Å². The number of benzene rings is 1. The van der Waals surface area contributed by atoms with Crippen molar-refractivity contribution >= 4 is 0 Å². The van der Waals surface area contributed by atoms with Gasteiger partial charge in [0.25, 0.3) is 0 Å². The fourth-order valence-corrected chi connectivity index (χ4v) is 2.02. The molecule has 0 fully saturated rings. The summed E-state index contributed by atoms with van der Waals surface area (Å²) in [5.74, 6) is 0. The first-order chi connectivity index (χ1) is 9.33. The lowest BCUT2D eigenvalue weighted by Gasteiger charge is -2.08. The van der Waals surface area contributed by atoms with Gasteiger partial charge in [0.15, 0.2) is 0 Å². The Bertz CT molecular complexity index is 566. The summed E-state index contributed by atoms with van der Waals surface area (Å²) < 4.78 is 2.17. The van der Waals surface area contributed by atoms with E-state index >= 15 is 0 Å². The van der Waals surface area contributed by atoms with Crippen LogP contribution < -0.4 is 5.32 Å². The van der Waals surface area contributed by atoms with Crippen molar-refractivity contribution in [3.63, 3.8) is 0 Å². The zero-order chi connectivity index (χ0) is 13.5. The number of nitriles is 1. The first kappa shape index (κ1) is 13.3. The van der Waals surface area contributed by atoms with E-state index in [0.29, 0.717) is 5.56 Å². The SMILES string of the molecule is CCCn1cncc1CNCc1cccc(C#N)c1. The van der Waals surface area contributed by atoms with Gasteiger partial charge in [-0.25, -0.2) is 4.98 Å². The third-order valence-electron chi connectivity index (χ3n) is 2.95. The second kappa shape index (κ2) is 6.72. The first-order valence-corrected chi connectivity index (χ1v) is 6.52. The molecule has 0 unspecified atom stereocenters. The van der Waals surface area contributed by atoms with E-state index < -0.39 is 0 Å². The summed E-state index contributed by atoms with van der Waals surface area (Å²) in [5, 5.41) is 12.2. The number of nitrogens with one attached hydrogen (secondary N) is 1. The van der Waals surface area contributed by atoms with Crippen molar-refractivity contribution in [3.8, 4) is 6.07 Å². The third-order valence-corrected chi connectivity index (χ3v) is 2.95. The molecule has 19 heavy (non-hydrogen) atoms. The van der Waals surface area contributed by atoms with Crippen LogP contribution in [0.4, 0.5) is 0 Å². The zero-order valence-electron chi connectivity index (χ0n) is 11.1. The molecule has 0 saturated heterocycles. The van der Waals surface area contributed by atoms with Crippen LogP contribution in [0.25, 0.3) is 0 Å². The predicted molar refractivity (Wildman–Crippen MR) is 74.2 cm³/mol. The van der Waals surface area contributed by atoms with Gasteiger partial charge in [-0.2, -0.15) is 5.26 Å². The van der Waals surface area contributed by atoms with Crippen LogP contribution in [0.5, 0.6) is 0 Å². The molecule has 0 radical (unpaired) electrons. The minimum absolute atomic E-state index is 0.704. The minimum atomic E-state index is 0.704. The highest BCUT2D eigenvalue weighted by atomic mass is 15.1. The van der Waals surface area contributed by atoms with E-state index in [4.69, 9.17) is 5.26 Å². The molecule has 0 aliphatic rings.